The number of hydrogen-bond acceptors (Lipinski definition) is 4. The highest BCUT2D eigenvalue weighted by Gasteiger charge is 2.18. The number of halogens is 1. The lowest BCUT2D eigenvalue weighted by Crippen LogP contribution is -2.25. The Labute approximate surface area is 187 Å². The molecule has 3 heterocycles. The van der Waals surface area contributed by atoms with Crippen LogP contribution in [0.3, 0.4) is 0 Å². The Hall–Kier alpha value is -3.59. The molecule has 0 unspecified atom stereocenters. The zero-order chi connectivity index (χ0) is 22.4. The molecular formula is C23H21FN6OS. The van der Waals surface area contributed by atoms with Crippen LogP contribution in [0, 0.1) is 12.7 Å². The van der Waals surface area contributed by atoms with Gasteiger partial charge in [0.1, 0.15) is 11.5 Å². The Bertz CT molecular complexity index is 1480. The summed E-state index contributed by atoms with van der Waals surface area (Å²) in [5.74, 6) is -0.510. The number of benzene rings is 2. The highest BCUT2D eigenvalue weighted by molar-refractivity contribution is 7.99. The molecule has 5 aromatic rings. The van der Waals surface area contributed by atoms with Gasteiger partial charge < -0.3 is 9.88 Å². The van der Waals surface area contributed by atoms with Crippen LogP contribution in [0.2, 0.25) is 0 Å². The quantitative estimate of drug-likeness (QED) is 0.420. The lowest BCUT2D eigenvalue weighted by Gasteiger charge is -2.09. The van der Waals surface area contributed by atoms with Crippen LogP contribution in [0.5, 0.6) is 0 Å². The van der Waals surface area contributed by atoms with Gasteiger partial charge in [-0.2, -0.15) is 10.2 Å². The van der Waals surface area contributed by atoms with Crippen molar-refractivity contribution in [3.05, 3.63) is 71.6 Å². The summed E-state index contributed by atoms with van der Waals surface area (Å²) in [4.78, 5) is 15.1. The summed E-state index contributed by atoms with van der Waals surface area (Å²) in [5, 5.41) is 15.6. The molecule has 0 atom stereocenters. The fourth-order valence-corrected chi connectivity index (χ4v) is 4.88. The molecule has 0 bridgehead atoms. The SMILES string of the molecule is Cc1c(Sc2ccc3[nH]ncc3c2)cc(C(=O)NCc2ccc(F)c3cnn(C)c23)n1C. The Morgan fingerprint density at radius 1 is 1.19 bits per heavy atom. The lowest BCUT2D eigenvalue weighted by molar-refractivity contribution is 0.0942. The number of carbonyl (C=O) groups is 1. The van der Waals surface area contributed by atoms with E-state index in [9.17, 15) is 9.18 Å². The summed E-state index contributed by atoms with van der Waals surface area (Å²) in [7, 11) is 3.64. The third-order valence-corrected chi connectivity index (χ3v) is 6.85. The Balaban J connectivity index is 1.36. The molecule has 0 spiro atoms. The van der Waals surface area contributed by atoms with Crippen LogP contribution in [0.1, 0.15) is 21.7 Å². The predicted molar refractivity (Wildman–Crippen MR) is 122 cm³/mol. The Kier molecular flexibility index (Phi) is 4.97. The summed E-state index contributed by atoms with van der Waals surface area (Å²) in [6, 6.07) is 11.1. The van der Waals surface area contributed by atoms with E-state index in [0.717, 1.165) is 32.0 Å². The topological polar surface area (TPSA) is 80.5 Å². The van der Waals surface area contributed by atoms with Crippen molar-refractivity contribution in [2.45, 2.75) is 23.3 Å². The van der Waals surface area contributed by atoms with Gasteiger partial charge in [0, 0.05) is 41.5 Å². The minimum Gasteiger partial charge on any atom is -0.347 e. The van der Waals surface area contributed by atoms with Crippen molar-refractivity contribution in [3.8, 4) is 0 Å². The molecular weight excluding hydrogens is 427 g/mol. The van der Waals surface area contributed by atoms with Gasteiger partial charge in [0.05, 0.1) is 28.8 Å². The average Bonchev–Trinajstić information content (AvgIpc) is 3.48. The van der Waals surface area contributed by atoms with Crippen LogP contribution in [-0.4, -0.2) is 30.5 Å². The van der Waals surface area contributed by atoms with Crippen LogP contribution >= 0.6 is 11.8 Å². The number of nitrogens with zero attached hydrogens (tertiary/aromatic N) is 4. The third kappa shape index (κ3) is 3.44. The maximum Gasteiger partial charge on any atom is 0.268 e. The summed E-state index contributed by atoms with van der Waals surface area (Å²) < 4.78 is 17.5. The molecule has 0 fully saturated rings. The van der Waals surface area contributed by atoms with Gasteiger partial charge in [-0.3, -0.25) is 14.6 Å². The minimum absolute atomic E-state index is 0.188. The molecule has 0 aliphatic heterocycles. The van der Waals surface area contributed by atoms with Crippen LogP contribution in [0.15, 0.2) is 58.6 Å². The standard InChI is InChI=1S/C23H21FN6OS/c1-13-21(32-16-5-7-19-15(8-16)11-26-28-19)9-20(29(13)2)23(31)25-10-14-4-6-18(24)17-12-27-30(3)22(14)17/h4-9,11-12H,10H2,1-3H3,(H,25,31)(H,26,28). The van der Waals surface area contributed by atoms with E-state index < -0.39 is 0 Å². The maximum absolute atomic E-state index is 14.0. The molecule has 0 radical (unpaired) electrons. The fourth-order valence-electron chi connectivity index (χ4n) is 3.85. The molecule has 0 saturated heterocycles. The van der Waals surface area contributed by atoms with Crippen molar-refractivity contribution in [1.29, 1.82) is 0 Å². The number of aromatic nitrogens is 5. The Morgan fingerprint density at radius 2 is 2.03 bits per heavy atom. The number of aromatic amines is 1. The van der Waals surface area contributed by atoms with Gasteiger partial charge in [0.25, 0.3) is 5.91 Å². The molecule has 7 nitrogen and oxygen atoms in total. The van der Waals surface area contributed by atoms with Crippen molar-refractivity contribution in [2.75, 3.05) is 0 Å². The summed E-state index contributed by atoms with van der Waals surface area (Å²) in [6.45, 7) is 2.27. The van der Waals surface area contributed by atoms with Crippen molar-refractivity contribution in [1.82, 2.24) is 29.9 Å². The van der Waals surface area contributed by atoms with E-state index >= 15 is 0 Å². The van der Waals surface area contributed by atoms with Gasteiger partial charge in [-0.1, -0.05) is 17.8 Å². The second-order valence-corrected chi connectivity index (χ2v) is 8.79. The second kappa shape index (κ2) is 7.83. The average molecular weight is 449 g/mol. The van der Waals surface area contributed by atoms with E-state index in [2.05, 4.69) is 26.7 Å². The highest BCUT2D eigenvalue weighted by Crippen LogP contribution is 2.33. The van der Waals surface area contributed by atoms with Gasteiger partial charge in [-0.25, -0.2) is 4.39 Å². The van der Waals surface area contributed by atoms with E-state index in [1.165, 1.54) is 12.3 Å². The second-order valence-electron chi connectivity index (χ2n) is 7.68. The molecule has 2 N–H and O–H groups in total. The first-order valence-corrected chi connectivity index (χ1v) is 10.9. The molecule has 1 amide bonds. The van der Waals surface area contributed by atoms with E-state index in [-0.39, 0.29) is 18.3 Å². The number of nitrogens with one attached hydrogen (secondary N) is 2. The van der Waals surface area contributed by atoms with Crippen LogP contribution in [-0.2, 0) is 20.6 Å². The largest absolute Gasteiger partial charge is 0.347 e. The van der Waals surface area contributed by atoms with Gasteiger partial charge in [0.15, 0.2) is 0 Å². The number of carbonyl (C=O) groups excluding carboxylic acids is 1. The first kappa shape index (κ1) is 20.3. The van der Waals surface area contributed by atoms with Gasteiger partial charge >= 0.3 is 0 Å². The number of hydrogen-bond donors (Lipinski definition) is 2. The summed E-state index contributed by atoms with van der Waals surface area (Å²) in [5.41, 5.74) is 4.05. The van der Waals surface area contributed by atoms with Crippen molar-refractivity contribution >= 4 is 39.5 Å². The lowest BCUT2D eigenvalue weighted by atomic mass is 10.1. The summed E-state index contributed by atoms with van der Waals surface area (Å²) in [6.07, 6.45) is 3.30. The van der Waals surface area contributed by atoms with Gasteiger partial charge in [0.2, 0.25) is 0 Å². The Morgan fingerprint density at radius 3 is 2.88 bits per heavy atom. The van der Waals surface area contributed by atoms with Crippen molar-refractivity contribution in [3.63, 3.8) is 0 Å². The molecule has 9 heteroatoms. The number of aryl methyl sites for hydroxylation is 1. The zero-order valence-corrected chi connectivity index (χ0v) is 18.6. The van der Waals surface area contributed by atoms with Crippen molar-refractivity contribution in [2.24, 2.45) is 14.1 Å². The van der Waals surface area contributed by atoms with Gasteiger partial charge in [-0.05, 0) is 42.8 Å². The van der Waals surface area contributed by atoms with E-state index in [1.807, 2.05) is 36.7 Å². The van der Waals surface area contributed by atoms with E-state index in [1.54, 1.807) is 35.8 Å². The molecule has 5 rings (SSSR count). The molecule has 0 saturated carbocycles. The molecule has 162 valence electrons. The first-order valence-electron chi connectivity index (χ1n) is 10.1. The van der Waals surface area contributed by atoms with Gasteiger partial charge in [-0.15, -0.1) is 0 Å². The number of amides is 1. The third-order valence-electron chi connectivity index (χ3n) is 5.73. The monoisotopic (exact) mass is 448 g/mol. The predicted octanol–water partition coefficient (Wildman–Crippen LogP) is 4.32. The molecule has 2 aromatic carbocycles. The molecule has 0 aliphatic carbocycles. The summed E-state index contributed by atoms with van der Waals surface area (Å²) >= 11 is 1.61. The minimum atomic E-state index is -0.323. The molecule has 3 aromatic heterocycles. The molecule has 32 heavy (non-hydrogen) atoms. The molecule has 0 aliphatic rings. The zero-order valence-electron chi connectivity index (χ0n) is 17.8. The number of H-pyrrole nitrogens is 1. The van der Waals surface area contributed by atoms with E-state index in [0.29, 0.717) is 16.6 Å². The normalized spacial score (nSPS) is 11.5. The number of rotatable bonds is 5. The number of fused-ring (bicyclic) bond motifs is 2. The first-order chi connectivity index (χ1) is 15.4. The van der Waals surface area contributed by atoms with Crippen LogP contribution in [0.4, 0.5) is 4.39 Å². The smallest absolute Gasteiger partial charge is 0.268 e. The highest BCUT2D eigenvalue weighted by atomic mass is 32.2. The van der Waals surface area contributed by atoms with Crippen molar-refractivity contribution < 1.29 is 9.18 Å². The van der Waals surface area contributed by atoms with Crippen LogP contribution in [0.25, 0.3) is 21.8 Å². The maximum atomic E-state index is 14.0. The van der Waals surface area contributed by atoms with E-state index in [4.69, 9.17) is 0 Å². The van der Waals surface area contributed by atoms with Crippen LogP contribution < -0.4 is 5.32 Å². The fraction of sp³-hybridized carbons (Fsp3) is 0.174.